The molecule has 0 amide bonds. The first-order chi connectivity index (χ1) is 11.1. The first-order valence-electron chi connectivity index (χ1n) is 7.96. The Labute approximate surface area is 134 Å². The van der Waals surface area contributed by atoms with E-state index in [1.165, 1.54) is 10.9 Å². The highest BCUT2D eigenvalue weighted by atomic mass is 16.3. The van der Waals surface area contributed by atoms with Crippen molar-refractivity contribution in [2.45, 2.75) is 38.5 Å². The summed E-state index contributed by atoms with van der Waals surface area (Å²) in [5, 5.41) is 13.8. The summed E-state index contributed by atoms with van der Waals surface area (Å²) in [5.74, 6) is -0.439. The van der Waals surface area contributed by atoms with E-state index in [0.717, 1.165) is 13.0 Å². The molecule has 1 aliphatic rings. The maximum absolute atomic E-state index is 12.5. The van der Waals surface area contributed by atoms with Gasteiger partial charge in [-0.2, -0.15) is 0 Å². The van der Waals surface area contributed by atoms with Gasteiger partial charge in [0.2, 0.25) is 0 Å². The number of nitrogens with zero attached hydrogens (tertiary/aromatic N) is 2. The van der Waals surface area contributed by atoms with E-state index in [1.807, 2.05) is 6.07 Å². The van der Waals surface area contributed by atoms with E-state index < -0.39 is 6.10 Å². The monoisotopic (exact) mass is 315 g/mol. The van der Waals surface area contributed by atoms with Crippen LogP contribution in [0.5, 0.6) is 0 Å². The average Bonchev–Trinajstić information content (AvgIpc) is 2.57. The molecule has 1 aromatic carbocycles. The molecular weight excluding hydrogens is 294 g/mol. The molecule has 3 rings (SSSR count). The van der Waals surface area contributed by atoms with Gasteiger partial charge in [-0.25, -0.2) is 4.98 Å². The van der Waals surface area contributed by atoms with Crippen LogP contribution in [0.3, 0.4) is 0 Å². The molecule has 0 aliphatic carbocycles. The Hall–Kier alpha value is -2.05. The summed E-state index contributed by atoms with van der Waals surface area (Å²) in [6.07, 6.45) is 2.51. The Bertz CT molecular complexity index is 771. The van der Waals surface area contributed by atoms with Gasteiger partial charge in [-0.05, 0) is 31.5 Å². The van der Waals surface area contributed by atoms with E-state index >= 15 is 0 Å². The highest BCUT2D eigenvalue weighted by molar-refractivity contribution is 5.82. The van der Waals surface area contributed by atoms with Gasteiger partial charge in [-0.3, -0.25) is 14.2 Å². The van der Waals surface area contributed by atoms with Gasteiger partial charge < -0.3 is 10.4 Å². The predicted molar refractivity (Wildman–Crippen MR) is 87.2 cm³/mol. The number of hydrogen-bond donors (Lipinski definition) is 2. The standard InChI is InChI=1S/C17H21N3O3/c1-11(16-14(21)7-4-8-18-16)15(22)9-20-10-19-13-6-3-2-5-12(13)17(20)23/h2-3,5-6,10-11,14,16,18,21H,4,7-9H2,1H3/t11-,14+,16-/m1/s1. The first-order valence-corrected chi connectivity index (χ1v) is 7.96. The van der Waals surface area contributed by atoms with Crippen molar-refractivity contribution in [1.29, 1.82) is 0 Å². The molecule has 1 aromatic heterocycles. The fourth-order valence-corrected chi connectivity index (χ4v) is 3.14. The molecule has 2 N–H and O–H groups in total. The quantitative estimate of drug-likeness (QED) is 0.868. The second kappa shape index (κ2) is 6.60. The van der Waals surface area contributed by atoms with Gasteiger partial charge >= 0.3 is 0 Å². The summed E-state index contributed by atoms with van der Waals surface area (Å²) >= 11 is 0. The van der Waals surface area contributed by atoms with Gasteiger partial charge in [-0.1, -0.05) is 19.1 Å². The molecule has 1 fully saturated rings. The average molecular weight is 315 g/mol. The molecule has 1 saturated heterocycles. The van der Waals surface area contributed by atoms with Gasteiger partial charge in [0.05, 0.1) is 29.9 Å². The lowest BCUT2D eigenvalue weighted by Crippen LogP contribution is -2.51. The van der Waals surface area contributed by atoms with Gasteiger partial charge in [0.1, 0.15) is 0 Å². The van der Waals surface area contributed by atoms with Crippen molar-refractivity contribution < 1.29 is 9.90 Å². The van der Waals surface area contributed by atoms with Crippen molar-refractivity contribution in [2.75, 3.05) is 6.54 Å². The molecule has 3 atom stereocenters. The van der Waals surface area contributed by atoms with Crippen LogP contribution in [0.4, 0.5) is 0 Å². The minimum Gasteiger partial charge on any atom is -0.391 e. The van der Waals surface area contributed by atoms with E-state index in [4.69, 9.17) is 0 Å². The molecule has 0 radical (unpaired) electrons. The number of carbonyl (C=O) groups is 1. The van der Waals surface area contributed by atoms with Gasteiger partial charge in [0, 0.05) is 12.0 Å². The number of aliphatic hydroxyl groups is 1. The van der Waals surface area contributed by atoms with Gasteiger partial charge in [0.25, 0.3) is 5.56 Å². The van der Waals surface area contributed by atoms with Crippen molar-refractivity contribution in [3.63, 3.8) is 0 Å². The lowest BCUT2D eigenvalue weighted by molar-refractivity contribution is -0.125. The lowest BCUT2D eigenvalue weighted by Gasteiger charge is -2.32. The van der Waals surface area contributed by atoms with Crippen molar-refractivity contribution in [2.24, 2.45) is 5.92 Å². The van der Waals surface area contributed by atoms with E-state index in [9.17, 15) is 14.7 Å². The highest BCUT2D eigenvalue weighted by Gasteiger charge is 2.31. The first kappa shape index (κ1) is 15.8. The number of carbonyl (C=O) groups excluding carboxylic acids is 1. The summed E-state index contributed by atoms with van der Waals surface area (Å²) in [5.41, 5.74) is 0.409. The molecule has 6 heteroatoms. The van der Waals surface area contributed by atoms with E-state index in [2.05, 4.69) is 10.3 Å². The topological polar surface area (TPSA) is 84.2 Å². The SMILES string of the molecule is C[C@H](C(=O)Cn1cnc2ccccc2c1=O)[C@H]1NCCC[C@@H]1O. The van der Waals surface area contributed by atoms with Crippen LogP contribution < -0.4 is 10.9 Å². The normalized spacial score (nSPS) is 22.9. The van der Waals surface area contributed by atoms with Gasteiger partial charge in [-0.15, -0.1) is 0 Å². The maximum Gasteiger partial charge on any atom is 0.261 e. The number of piperidine rings is 1. The number of hydrogen-bond acceptors (Lipinski definition) is 5. The molecule has 122 valence electrons. The molecule has 23 heavy (non-hydrogen) atoms. The molecule has 0 saturated carbocycles. The third-order valence-corrected chi connectivity index (χ3v) is 4.58. The number of ketones is 1. The van der Waals surface area contributed by atoms with E-state index in [0.29, 0.717) is 17.3 Å². The fourth-order valence-electron chi connectivity index (χ4n) is 3.14. The summed E-state index contributed by atoms with van der Waals surface area (Å²) in [6, 6.07) is 6.83. The maximum atomic E-state index is 12.5. The number of nitrogens with one attached hydrogen (secondary N) is 1. The van der Waals surface area contributed by atoms with Crippen LogP contribution in [-0.2, 0) is 11.3 Å². The fraction of sp³-hybridized carbons (Fsp3) is 0.471. The largest absolute Gasteiger partial charge is 0.391 e. The van der Waals surface area contributed by atoms with Crippen molar-refractivity contribution in [3.05, 3.63) is 40.9 Å². The van der Waals surface area contributed by atoms with Crippen LogP contribution in [0.15, 0.2) is 35.4 Å². The second-order valence-electron chi connectivity index (χ2n) is 6.14. The molecule has 2 aromatic rings. The smallest absolute Gasteiger partial charge is 0.261 e. The third kappa shape index (κ3) is 3.18. The number of benzene rings is 1. The summed E-state index contributed by atoms with van der Waals surface area (Å²) in [7, 11) is 0. The van der Waals surface area contributed by atoms with Crippen LogP contribution in [0, 0.1) is 5.92 Å². The van der Waals surface area contributed by atoms with Crippen LogP contribution >= 0.6 is 0 Å². The number of fused-ring (bicyclic) bond motifs is 1. The molecule has 0 spiro atoms. The van der Waals surface area contributed by atoms with Gasteiger partial charge in [0.15, 0.2) is 5.78 Å². The number of aromatic nitrogens is 2. The van der Waals surface area contributed by atoms with Crippen LogP contribution in [0.1, 0.15) is 19.8 Å². The zero-order valence-electron chi connectivity index (χ0n) is 13.1. The molecule has 0 unspecified atom stereocenters. The van der Waals surface area contributed by atoms with E-state index in [1.54, 1.807) is 25.1 Å². The molecule has 6 nitrogen and oxygen atoms in total. The van der Waals surface area contributed by atoms with Crippen LogP contribution in [-0.4, -0.2) is 39.1 Å². The zero-order valence-corrected chi connectivity index (χ0v) is 13.1. The highest BCUT2D eigenvalue weighted by Crippen LogP contribution is 2.17. The zero-order chi connectivity index (χ0) is 16.4. The van der Waals surface area contributed by atoms with Crippen LogP contribution in [0.25, 0.3) is 10.9 Å². The van der Waals surface area contributed by atoms with Crippen molar-refractivity contribution in [3.8, 4) is 0 Å². The Morgan fingerprint density at radius 3 is 3.04 bits per heavy atom. The van der Waals surface area contributed by atoms with E-state index in [-0.39, 0.29) is 29.8 Å². The summed E-state index contributed by atoms with van der Waals surface area (Å²) < 4.78 is 1.34. The lowest BCUT2D eigenvalue weighted by atomic mass is 9.88. The Morgan fingerprint density at radius 2 is 2.26 bits per heavy atom. The molecule has 2 heterocycles. The molecule has 0 bridgehead atoms. The number of aliphatic hydroxyl groups excluding tert-OH is 1. The minimum absolute atomic E-state index is 0.0251. The third-order valence-electron chi connectivity index (χ3n) is 4.58. The molecule has 1 aliphatic heterocycles. The Morgan fingerprint density at radius 1 is 1.48 bits per heavy atom. The second-order valence-corrected chi connectivity index (χ2v) is 6.14. The molecular formula is C17H21N3O3. The minimum atomic E-state index is -0.519. The number of para-hydroxylation sites is 1. The number of rotatable bonds is 4. The Balaban J connectivity index is 1.80. The summed E-state index contributed by atoms with van der Waals surface area (Å²) in [4.78, 5) is 29.2. The van der Waals surface area contributed by atoms with Crippen molar-refractivity contribution >= 4 is 16.7 Å². The Kier molecular flexibility index (Phi) is 4.54. The summed E-state index contributed by atoms with van der Waals surface area (Å²) in [6.45, 7) is 2.58. The van der Waals surface area contributed by atoms with Crippen LogP contribution in [0.2, 0.25) is 0 Å². The number of Topliss-reactive ketones (excluding diaryl/α,β-unsaturated/α-hetero) is 1. The van der Waals surface area contributed by atoms with Crippen molar-refractivity contribution in [1.82, 2.24) is 14.9 Å². The predicted octanol–water partition coefficient (Wildman–Crippen LogP) is 0.715.